The third-order valence-corrected chi connectivity index (χ3v) is 7.71. The molecule has 0 spiro atoms. The van der Waals surface area contributed by atoms with Crippen molar-refractivity contribution in [3.05, 3.63) is 65.0 Å². The smallest absolute Gasteiger partial charge is 0.497 e. The number of sulfone groups is 1. The number of nitrogens with one attached hydrogen (secondary N) is 1. The van der Waals surface area contributed by atoms with Gasteiger partial charge in [0, 0.05) is 25.0 Å². The fourth-order valence-corrected chi connectivity index (χ4v) is 4.98. The van der Waals surface area contributed by atoms with Gasteiger partial charge in [-0.3, -0.25) is 14.8 Å². The van der Waals surface area contributed by atoms with Crippen LogP contribution in [0.25, 0.3) is 0 Å². The zero-order chi connectivity index (χ0) is 25.4. The van der Waals surface area contributed by atoms with Gasteiger partial charge in [-0.2, -0.15) is 18.3 Å². The van der Waals surface area contributed by atoms with Crippen LogP contribution in [0.15, 0.2) is 69.5 Å². The van der Waals surface area contributed by atoms with Gasteiger partial charge in [-0.1, -0.05) is 18.2 Å². The highest BCUT2D eigenvalue weighted by atomic mass is 32.2. The quantitative estimate of drug-likeness (QED) is 0.637. The minimum atomic E-state index is -5.31. The molecule has 3 aliphatic rings. The monoisotopic (exact) mass is 508 g/mol. The van der Waals surface area contributed by atoms with Crippen LogP contribution < -0.4 is 10.3 Å². The maximum absolute atomic E-state index is 12.9. The first kappa shape index (κ1) is 24.7. The molecule has 1 N–H and O–H groups in total. The Kier molecular flexibility index (Phi) is 6.58. The number of hydrogen-bond donors (Lipinski definition) is 1. The van der Waals surface area contributed by atoms with Crippen molar-refractivity contribution in [2.24, 2.45) is 10.1 Å². The summed E-state index contributed by atoms with van der Waals surface area (Å²) in [5, 5.41) is 6.52. The lowest BCUT2D eigenvalue weighted by Gasteiger charge is -2.26. The number of ether oxygens (including phenoxy) is 1. The molecule has 0 saturated heterocycles. The summed E-state index contributed by atoms with van der Waals surface area (Å²) in [4.78, 5) is 17.4. The second-order valence-electron chi connectivity index (χ2n) is 8.15. The van der Waals surface area contributed by atoms with Gasteiger partial charge in [0.1, 0.15) is 11.0 Å². The Morgan fingerprint density at radius 2 is 1.97 bits per heavy atom. The predicted molar refractivity (Wildman–Crippen MR) is 126 cm³/mol. The molecule has 2 heterocycles. The lowest BCUT2D eigenvalue weighted by atomic mass is 9.97. The number of fused-ring (bicyclic) bond motifs is 1. The molecule has 1 aliphatic carbocycles. The third kappa shape index (κ3) is 4.88. The number of halogens is 3. The molecule has 35 heavy (non-hydrogen) atoms. The normalized spacial score (nSPS) is 22.0. The van der Waals surface area contributed by atoms with Crippen molar-refractivity contribution in [1.29, 1.82) is 0 Å². The van der Waals surface area contributed by atoms with Crippen LogP contribution >= 0.6 is 0 Å². The first-order valence-electron chi connectivity index (χ1n) is 10.7. The van der Waals surface area contributed by atoms with Gasteiger partial charge in [-0.25, -0.2) is 8.42 Å². The number of alkyl halides is 3. The molecule has 186 valence electrons. The second-order valence-corrected chi connectivity index (χ2v) is 10.3. The minimum Gasteiger partial charge on any atom is -0.497 e. The molecular formula is C23H23F3N4O4S. The van der Waals surface area contributed by atoms with Gasteiger partial charge in [0.05, 0.1) is 24.4 Å². The molecule has 0 radical (unpaired) electrons. The first-order valence-corrected chi connectivity index (χ1v) is 12.3. The molecule has 0 fully saturated rings. The summed E-state index contributed by atoms with van der Waals surface area (Å²) >= 11 is 0. The van der Waals surface area contributed by atoms with E-state index in [4.69, 9.17) is 4.74 Å². The number of methoxy groups -OCH3 is 1. The van der Waals surface area contributed by atoms with Crippen LogP contribution in [-0.2, 0) is 25.9 Å². The largest absolute Gasteiger partial charge is 0.498 e. The molecule has 4 rings (SSSR count). The molecule has 2 unspecified atom stereocenters. The van der Waals surface area contributed by atoms with Gasteiger partial charge in [0.25, 0.3) is 15.7 Å². The van der Waals surface area contributed by atoms with Crippen molar-refractivity contribution in [2.75, 3.05) is 18.7 Å². The van der Waals surface area contributed by atoms with Crippen molar-refractivity contribution in [2.45, 2.75) is 36.7 Å². The van der Waals surface area contributed by atoms with E-state index in [2.05, 4.69) is 15.4 Å². The number of hydrogen-bond acceptors (Lipinski definition) is 7. The van der Waals surface area contributed by atoms with Gasteiger partial charge in [0.2, 0.25) is 0 Å². The Balaban J connectivity index is 1.39. The molecule has 0 bridgehead atoms. The number of rotatable bonds is 6. The number of anilines is 1. The van der Waals surface area contributed by atoms with E-state index in [-0.39, 0.29) is 31.5 Å². The average molecular weight is 509 g/mol. The fraction of sp³-hybridized carbons (Fsp3) is 0.348. The fourth-order valence-electron chi connectivity index (χ4n) is 4.01. The summed E-state index contributed by atoms with van der Waals surface area (Å²) in [6.45, 7) is 2.06. The summed E-state index contributed by atoms with van der Waals surface area (Å²) < 4.78 is 66.6. The number of carbonyl (C=O) groups excluding carboxylic acids is 1. The van der Waals surface area contributed by atoms with E-state index < -0.39 is 20.6 Å². The van der Waals surface area contributed by atoms with E-state index in [0.717, 1.165) is 17.4 Å². The van der Waals surface area contributed by atoms with E-state index in [1.54, 1.807) is 44.4 Å². The zero-order valence-corrected chi connectivity index (χ0v) is 19.7. The molecule has 1 amide bonds. The highest BCUT2D eigenvalue weighted by Crippen LogP contribution is 2.31. The Morgan fingerprint density at radius 3 is 2.57 bits per heavy atom. The maximum atomic E-state index is 12.9. The second kappa shape index (κ2) is 9.33. The number of amides is 1. The highest BCUT2D eigenvalue weighted by molar-refractivity contribution is 7.93. The number of aliphatic imine (C=N–C) groups is 1. The summed E-state index contributed by atoms with van der Waals surface area (Å²) in [5.74, 6) is 0.386. The van der Waals surface area contributed by atoms with Gasteiger partial charge in [-0.05, 0) is 48.8 Å². The Morgan fingerprint density at radius 1 is 1.26 bits per heavy atom. The molecular weight excluding hydrogens is 485 g/mol. The van der Waals surface area contributed by atoms with E-state index in [1.165, 1.54) is 5.01 Å². The molecule has 1 aromatic rings. The summed E-state index contributed by atoms with van der Waals surface area (Å²) in [5.41, 5.74) is -1.98. The molecule has 12 heteroatoms. The van der Waals surface area contributed by atoms with Crippen molar-refractivity contribution in [3.8, 4) is 0 Å². The zero-order valence-electron chi connectivity index (χ0n) is 18.9. The third-order valence-electron chi connectivity index (χ3n) is 5.91. The number of carbonyl (C=O) groups is 1. The SMILES string of the molecule is COC1=CC2=C(C(=O)NCc3ccc(N4CCC(S(=O)(=O)C(F)(F)F)C=N4)cc3)C(C)=NC2C=C1. The average Bonchev–Trinajstić information content (AvgIpc) is 3.17. The Labute approximate surface area is 200 Å². The topological polar surface area (TPSA) is 100 Å². The van der Waals surface area contributed by atoms with Crippen molar-refractivity contribution in [3.63, 3.8) is 0 Å². The molecule has 1 aromatic carbocycles. The number of nitrogens with zero attached hydrogens (tertiary/aromatic N) is 3. The van der Waals surface area contributed by atoms with E-state index in [9.17, 15) is 26.4 Å². The number of hydrazone groups is 1. The number of benzene rings is 1. The highest BCUT2D eigenvalue weighted by Gasteiger charge is 2.50. The van der Waals surface area contributed by atoms with Gasteiger partial charge < -0.3 is 10.1 Å². The molecule has 2 atom stereocenters. The molecule has 0 saturated carbocycles. The lowest BCUT2D eigenvalue weighted by Crippen LogP contribution is -2.40. The maximum Gasteiger partial charge on any atom is 0.498 e. The van der Waals surface area contributed by atoms with Crippen molar-refractivity contribution >= 4 is 33.4 Å². The molecule has 0 aromatic heterocycles. The first-order chi connectivity index (χ1) is 16.5. The molecule has 8 nitrogen and oxygen atoms in total. The van der Waals surface area contributed by atoms with E-state index in [1.807, 2.05) is 12.2 Å². The Bertz CT molecular complexity index is 1280. The van der Waals surface area contributed by atoms with E-state index in [0.29, 0.717) is 22.7 Å². The summed E-state index contributed by atoms with van der Waals surface area (Å²) in [6, 6.07) is 6.72. The number of allylic oxidation sites excluding steroid dienone is 1. The van der Waals surface area contributed by atoms with Gasteiger partial charge >= 0.3 is 5.51 Å². The van der Waals surface area contributed by atoms with Crippen LogP contribution in [0.4, 0.5) is 18.9 Å². The summed E-state index contributed by atoms with van der Waals surface area (Å²) in [7, 11) is -3.74. The summed E-state index contributed by atoms with van der Waals surface area (Å²) in [6.07, 6.45) is 6.09. The van der Waals surface area contributed by atoms with Gasteiger partial charge in [-0.15, -0.1) is 0 Å². The van der Waals surface area contributed by atoms with Crippen LogP contribution in [-0.4, -0.2) is 56.7 Å². The standard InChI is InChI=1S/C23H23F3N4O4S/c1-14-21(19-11-17(34-2)7-8-20(19)29-14)22(31)27-12-15-3-5-16(6-4-15)30-10-9-18(13-28-30)35(32,33)23(24,25)26/h3-8,11,13,18,20H,9-10,12H2,1-2H3,(H,27,31). The van der Waals surface area contributed by atoms with Crippen LogP contribution in [0.1, 0.15) is 18.9 Å². The lowest BCUT2D eigenvalue weighted by molar-refractivity contribution is -0.117. The predicted octanol–water partition coefficient (Wildman–Crippen LogP) is 3.04. The minimum absolute atomic E-state index is 0.0225. The molecule has 2 aliphatic heterocycles. The van der Waals surface area contributed by atoms with Crippen molar-refractivity contribution < 1.29 is 31.1 Å². The van der Waals surface area contributed by atoms with E-state index >= 15 is 0 Å². The van der Waals surface area contributed by atoms with Crippen LogP contribution in [0.2, 0.25) is 0 Å². The van der Waals surface area contributed by atoms with Gasteiger partial charge in [0.15, 0.2) is 0 Å². The van der Waals surface area contributed by atoms with Crippen LogP contribution in [0.5, 0.6) is 0 Å². The van der Waals surface area contributed by atoms with Crippen LogP contribution in [0.3, 0.4) is 0 Å². The van der Waals surface area contributed by atoms with Crippen LogP contribution in [0, 0.1) is 0 Å². The van der Waals surface area contributed by atoms with Crippen molar-refractivity contribution in [1.82, 2.24) is 5.32 Å². The Hall–Kier alpha value is -3.41.